The van der Waals surface area contributed by atoms with Gasteiger partial charge in [-0.2, -0.15) is 0 Å². The Morgan fingerprint density at radius 1 is 1.38 bits per heavy atom. The molecule has 0 spiro atoms. The Labute approximate surface area is 94.6 Å². The summed E-state index contributed by atoms with van der Waals surface area (Å²) in [5, 5.41) is 11.2. The van der Waals surface area contributed by atoms with Crippen LogP contribution in [0.3, 0.4) is 0 Å². The highest BCUT2D eigenvalue weighted by Crippen LogP contribution is 1.97. The number of amides is 2. The third-order valence-corrected chi connectivity index (χ3v) is 2.20. The quantitative estimate of drug-likeness (QED) is 0.663. The van der Waals surface area contributed by atoms with E-state index in [1.165, 1.54) is 18.9 Å². The smallest absolute Gasteiger partial charge is 0.305 e. The first-order valence-corrected chi connectivity index (χ1v) is 5.09. The van der Waals surface area contributed by atoms with Crippen LogP contribution < -0.4 is 5.32 Å². The van der Waals surface area contributed by atoms with Crippen LogP contribution in [-0.4, -0.2) is 47.4 Å². The molecule has 0 bridgehead atoms. The van der Waals surface area contributed by atoms with E-state index in [2.05, 4.69) is 5.32 Å². The average Bonchev–Trinajstić information content (AvgIpc) is 2.15. The molecule has 0 aliphatic heterocycles. The Bertz CT molecular complexity index is 278. The normalized spacial score (nSPS) is 11.7. The molecule has 0 aliphatic carbocycles. The van der Waals surface area contributed by atoms with Crippen LogP contribution in [0.25, 0.3) is 0 Å². The fourth-order valence-electron chi connectivity index (χ4n) is 1.11. The maximum absolute atomic E-state index is 11.4. The average molecular weight is 230 g/mol. The fourth-order valence-corrected chi connectivity index (χ4v) is 1.11. The third-order valence-electron chi connectivity index (χ3n) is 2.20. The zero-order valence-corrected chi connectivity index (χ0v) is 9.82. The zero-order chi connectivity index (χ0) is 12.7. The van der Waals surface area contributed by atoms with Crippen LogP contribution in [0.2, 0.25) is 0 Å². The van der Waals surface area contributed by atoms with Gasteiger partial charge in [-0.25, -0.2) is 0 Å². The molecule has 0 aliphatic rings. The first kappa shape index (κ1) is 14.4. The Kier molecular flexibility index (Phi) is 6.14. The van der Waals surface area contributed by atoms with Gasteiger partial charge in [-0.1, -0.05) is 6.92 Å². The number of carbonyl (C=O) groups excluding carboxylic acids is 2. The molecule has 92 valence electrons. The molecule has 1 atom stereocenters. The van der Waals surface area contributed by atoms with Crippen molar-refractivity contribution < 1.29 is 19.5 Å². The van der Waals surface area contributed by atoms with E-state index < -0.39 is 5.97 Å². The molecule has 6 nitrogen and oxygen atoms in total. The first-order chi connectivity index (χ1) is 7.36. The van der Waals surface area contributed by atoms with E-state index in [-0.39, 0.29) is 30.8 Å². The Morgan fingerprint density at radius 3 is 2.31 bits per heavy atom. The second kappa shape index (κ2) is 6.81. The summed E-state index contributed by atoms with van der Waals surface area (Å²) in [6, 6.07) is -0.384. The molecule has 6 heteroatoms. The van der Waals surface area contributed by atoms with Crippen molar-refractivity contribution in [2.45, 2.75) is 32.7 Å². The molecule has 0 rings (SSSR count). The Hall–Kier alpha value is -1.59. The predicted molar refractivity (Wildman–Crippen MR) is 57.8 cm³/mol. The van der Waals surface area contributed by atoms with Gasteiger partial charge in [-0.3, -0.25) is 14.4 Å². The van der Waals surface area contributed by atoms with E-state index in [0.29, 0.717) is 6.42 Å². The van der Waals surface area contributed by atoms with Gasteiger partial charge in [-0.05, 0) is 6.42 Å². The summed E-state index contributed by atoms with van der Waals surface area (Å²) in [6.45, 7) is 3.11. The van der Waals surface area contributed by atoms with Crippen LogP contribution in [0.15, 0.2) is 0 Å². The molecule has 1 unspecified atom stereocenters. The molecule has 2 N–H and O–H groups in total. The molecule has 0 aromatic heterocycles. The summed E-state index contributed by atoms with van der Waals surface area (Å²) in [4.78, 5) is 34.0. The highest BCUT2D eigenvalue weighted by atomic mass is 16.4. The lowest BCUT2D eigenvalue weighted by Gasteiger charge is -2.18. The number of carbonyl (C=O) groups is 3. The minimum Gasteiger partial charge on any atom is -0.481 e. The minimum absolute atomic E-state index is 0.0501. The van der Waals surface area contributed by atoms with Crippen molar-refractivity contribution in [2.75, 3.05) is 13.6 Å². The molecule has 0 heterocycles. The number of carboxylic acid groups (broad SMARTS) is 1. The molecule has 0 aromatic rings. The summed E-state index contributed by atoms with van der Waals surface area (Å²) in [7, 11) is 1.51. The minimum atomic E-state index is -0.952. The van der Waals surface area contributed by atoms with Crippen LogP contribution in [0.5, 0.6) is 0 Å². The largest absolute Gasteiger partial charge is 0.481 e. The second-order valence-electron chi connectivity index (χ2n) is 3.65. The molecule has 0 saturated carbocycles. The summed E-state index contributed by atoms with van der Waals surface area (Å²) < 4.78 is 0. The monoisotopic (exact) mass is 230 g/mol. The number of aliphatic carboxylic acids is 1. The molecular formula is C10H18N2O4. The third kappa shape index (κ3) is 6.00. The van der Waals surface area contributed by atoms with Gasteiger partial charge in [0.25, 0.3) is 0 Å². The summed E-state index contributed by atoms with van der Waals surface area (Å²) in [6.07, 6.45) is 0.438. The van der Waals surface area contributed by atoms with Gasteiger partial charge < -0.3 is 15.3 Å². The fraction of sp³-hybridized carbons (Fsp3) is 0.700. The highest BCUT2D eigenvalue weighted by Gasteiger charge is 2.15. The Morgan fingerprint density at radius 2 is 1.94 bits per heavy atom. The van der Waals surface area contributed by atoms with Gasteiger partial charge in [0.05, 0.1) is 13.0 Å². The lowest BCUT2D eigenvalue weighted by molar-refractivity contribution is -0.138. The van der Waals surface area contributed by atoms with Crippen molar-refractivity contribution >= 4 is 17.8 Å². The molecule has 0 saturated heterocycles. The van der Waals surface area contributed by atoms with Gasteiger partial charge >= 0.3 is 5.97 Å². The maximum atomic E-state index is 11.4. The molecule has 0 radical (unpaired) electrons. The van der Waals surface area contributed by atoms with E-state index in [4.69, 9.17) is 5.11 Å². The van der Waals surface area contributed by atoms with Gasteiger partial charge in [0, 0.05) is 20.0 Å². The number of likely N-dealkylation sites (N-methyl/N-ethyl adjacent to an activating group) is 1. The molecule has 2 amide bonds. The summed E-state index contributed by atoms with van der Waals surface area (Å²) >= 11 is 0. The molecule has 16 heavy (non-hydrogen) atoms. The van der Waals surface area contributed by atoms with Crippen molar-refractivity contribution in [1.29, 1.82) is 0 Å². The van der Waals surface area contributed by atoms with Gasteiger partial charge in [0.15, 0.2) is 0 Å². The zero-order valence-electron chi connectivity index (χ0n) is 9.82. The lowest BCUT2D eigenvalue weighted by Crippen LogP contribution is -2.42. The van der Waals surface area contributed by atoms with Gasteiger partial charge in [0.2, 0.25) is 11.8 Å². The molecule has 0 aromatic carbocycles. The first-order valence-electron chi connectivity index (χ1n) is 5.09. The van der Waals surface area contributed by atoms with Crippen LogP contribution in [-0.2, 0) is 14.4 Å². The number of nitrogens with zero attached hydrogens (tertiary/aromatic N) is 1. The van der Waals surface area contributed by atoms with Crippen molar-refractivity contribution in [1.82, 2.24) is 10.2 Å². The van der Waals surface area contributed by atoms with Crippen LogP contribution >= 0.6 is 0 Å². The number of nitrogens with one attached hydrogen (secondary N) is 1. The van der Waals surface area contributed by atoms with Gasteiger partial charge in [-0.15, -0.1) is 0 Å². The molecular weight excluding hydrogens is 212 g/mol. The van der Waals surface area contributed by atoms with Crippen LogP contribution in [0.1, 0.15) is 26.7 Å². The number of hydrogen-bond donors (Lipinski definition) is 2. The highest BCUT2D eigenvalue weighted by molar-refractivity contribution is 5.84. The number of carboxylic acids is 1. The SMILES string of the molecule is CCC(CC(=O)O)NC(=O)CN(C)C(C)=O. The molecule has 0 fully saturated rings. The van der Waals surface area contributed by atoms with Crippen LogP contribution in [0.4, 0.5) is 0 Å². The van der Waals surface area contributed by atoms with Gasteiger partial charge in [0.1, 0.15) is 0 Å². The number of hydrogen-bond acceptors (Lipinski definition) is 3. The van der Waals surface area contributed by atoms with Crippen molar-refractivity contribution in [3.05, 3.63) is 0 Å². The topological polar surface area (TPSA) is 86.7 Å². The van der Waals surface area contributed by atoms with E-state index in [0.717, 1.165) is 0 Å². The summed E-state index contributed by atoms with van der Waals surface area (Å²) in [5.74, 6) is -1.50. The second-order valence-corrected chi connectivity index (χ2v) is 3.65. The standard InChI is InChI=1S/C10H18N2O4/c1-4-8(5-10(15)16)11-9(14)6-12(3)7(2)13/h8H,4-6H2,1-3H3,(H,11,14)(H,15,16). The van der Waals surface area contributed by atoms with Crippen molar-refractivity contribution in [2.24, 2.45) is 0 Å². The van der Waals surface area contributed by atoms with E-state index in [1.54, 1.807) is 6.92 Å². The van der Waals surface area contributed by atoms with E-state index in [1.807, 2.05) is 0 Å². The lowest BCUT2D eigenvalue weighted by atomic mass is 10.1. The number of rotatable bonds is 6. The van der Waals surface area contributed by atoms with Crippen molar-refractivity contribution in [3.8, 4) is 0 Å². The summed E-state index contributed by atoms with van der Waals surface area (Å²) in [5.41, 5.74) is 0. The maximum Gasteiger partial charge on any atom is 0.305 e. The van der Waals surface area contributed by atoms with E-state index >= 15 is 0 Å². The van der Waals surface area contributed by atoms with Crippen LogP contribution in [0, 0.1) is 0 Å². The van der Waals surface area contributed by atoms with E-state index in [9.17, 15) is 14.4 Å². The van der Waals surface area contributed by atoms with Crippen molar-refractivity contribution in [3.63, 3.8) is 0 Å². The Balaban J connectivity index is 4.10. The predicted octanol–water partition coefficient (Wildman–Crippen LogP) is -0.166.